The van der Waals surface area contributed by atoms with Gasteiger partial charge in [-0.1, -0.05) is 30.3 Å². The first-order chi connectivity index (χ1) is 13.9. The molecule has 0 saturated carbocycles. The zero-order valence-electron chi connectivity index (χ0n) is 15.3. The molecular weight excluding hydrogens is 395 g/mol. The summed E-state index contributed by atoms with van der Waals surface area (Å²) in [7, 11) is 0. The second kappa shape index (κ2) is 9.11. The van der Waals surface area contributed by atoms with E-state index in [2.05, 4.69) is 10.9 Å². The summed E-state index contributed by atoms with van der Waals surface area (Å²) in [6, 6.07) is 17.6. The van der Waals surface area contributed by atoms with E-state index in [1.165, 1.54) is 30.4 Å². The van der Waals surface area contributed by atoms with Gasteiger partial charge in [0.1, 0.15) is 10.7 Å². The Morgan fingerprint density at radius 1 is 0.931 bits per heavy atom. The Labute approximate surface area is 170 Å². The number of hydrogen-bond acceptors (Lipinski definition) is 5. The number of amides is 2. The molecule has 2 N–H and O–H groups in total. The van der Waals surface area contributed by atoms with Crippen molar-refractivity contribution in [3.63, 3.8) is 0 Å². The van der Waals surface area contributed by atoms with Crippen LogP contribution in [0.1, 0.15) is 27.0 Å². The number of benzene rings is 2. The summed E-state index contributed by atoms with van der Waals surface area (Å²) < 4.78 is 18.2. The summed E-state index contributed by atoms with van der Waals surface area (Å²) in [5, 5.41) is 0. The third-order valence-electron chi connectivity index (χ3n) is 3.92. The molecule has 1 aromatic heterocycles. The second-order valence-electron chi connectivity index (χ2n) is 6.03. The largest absolute Gasteiger partial charge is 0.448 e. The van der Waals surface area contributed by atoms with Gasteiger partial charge in [-0.25, -0.2) is 9.18 Å². The van der Waals surface area contributed by atoms with E-state index in [1.807, 2.05) is 0 Å². The maximum absolute atomic E-state index is 13.0. The lowest BCUT2D eigenvalue weighted by atomic mass is 10.2. The number of carbonyl (C=O) groups excluding carboxylic acids is 3. The van der Waals surface area contributed by atoms with Crippen molar-refractivity contribution in [3.8, 4) is 10.4 Å². The van der Waals surface area contributed by atoms with E-state index in [-0.39, 0.29) is 5.82 Å². The average molecular weight is 412 g/mol. The van der Waals surface area contributed by atoms with Crippen LogP contribution in [0.25, 0.3) is 10.4 Å². The normalized spacial score (nSPS) is 11.4. The first kappa shape index (κ1) is 20.2. The van der Waals surface area contributed by atoms with Gasteiger partial charge >= 0.3 is 5.97 Å². The van der Waals surface area contributed by atoms with E-state index in [4.69, 9.17) is 4.74 Å². The lowest BCUT2D eigenvalue weighted by Gasteiger charge is -2.13. The van der Waals surface area contributed by atoms with Crippen molar-refractivity contribution in [1.82, 2.24) is 10.9 Å². The molecule has 1 heterocycles. The van der Waals surface area contributed by atoms with Crippen LogP contribution in [0.4, 0.5) is 4.39 Å². The Bertz CT molecular complexity index is 1020. The Balaban J connectivity index is 1.54. The minimum absolute atomic E-state index is 0.303. The number of ether oxygens (including phenoxy) is 1. The third kappa shape index (κ3) is 5.26. The molecule has 0 bridgehead atoms. The SMILES string of the molecule is C[C@@H](OC(=O)c1ccc(-c2ccc(F)cc2)s1)C(=O)NNC(=O)c1ccccc1. The smallest absolute Gasteiger partial charge is 0.349 e. The summed E-state index contributed by atoms with van der Waals surface area (Å²) in [4.78, 5) is 37.3. The minimum atomic E-state index is -1.12. The molecule has 2 aromatic carbocycles. The number of halogens is 1. The standard InChI is InChI=1S/C21H17FN2O4S/c1-13(19(25)23-24-20(26)15-5-3-2-4-6-15)28-21(27)18-12-11-17(29-18)14-7-9-16(22)10-8-14/h2-13H,1H3,(H,23,25)(H,24,26)/t13-/m1/s1. The van der Waals surface area contributed by atoms with Crippen LogP contribution >= 0.6 is 11.3 Å². The number of thiophene rings is 1. The molecule has 0 fully saturated rings. The summed E-state index contributed by atoms with van der Waals surface area (Å²) in [6.07, 6.45) is -1.12. The van der Waals surface area contributed by atoms with Gasteiger partial charge in [-0.2, -0.15) is 0 Å². The van der Waals surface area contributed by atoms with Gasteiger partial charge in [0.05, 0.1) is 0 Å². The number of carbonyl (C=O) groups is 3. The monoisotopic (exact) mass is 412 g/mol. The van der Waals surface area contributed by atoms with Gasteiger partial charge < -0.3 is 4.74 Å². The van der Waals surface area contributed by atoms with Crippen LogP contribution in [-0.4, -0.2) is 23.9 Å². The Morgan fingerprint density at radius 3 is 2.31 bits per heavy atom. The maximum atomic E-state index is 13.0. The lowest BCUT2D eigenvalue weighted by Crippen LogP contribution is -2.46. The van der Waals surface area contributed by atoms with Gasteiger partial charge in [-0.3, -0.25) is 20.4 Å². The molecule has 3 rings (SSSR count). The van der Waals surface area contributed by atoms with Gasteiger partial charge in [-0.15, -0.1) is 11.3 Å². The Kier molecular flexibility index (Phi) is 6.36. The fourth-order valence-electron chi connectivity index (χ4n) is 2.37. The van der Waals surface area contributed by atoms with Crippen molar-refractivity contribution in [2.24, 2.45) is 0 Å². The Morgan fingerprint density at radius 2 is 1.62 bits per heavy atom. The van der Waals surface area contributed by atoms with Crippen LogP contribution in [0, 0.1) is 5.82 Å². The number of nitrogens with one attached hydrogen (secondary N) is 2. The number of hydrazine groups is 1. The summed E-state index contributed by atoms with van der Waals surface area (Å²) >= 11 is 1.17. The van der Waals surface area contributed by atoms with Crippen LogP contribution in [0.3, 0.4) is 0 Å². The van der Waals surface area contributed by atoms with Gasteiger partial charge in [-0.05, 0) is 48.9 Å². The molecule has 0 spiro atoms. The molecular formula is C21H17FN2O4S. The minimum Gasteiger partial charge on any atom is -0.448 e. The second-order valence-corrected chi connectivity index (χ2v) is 7.11. The molecule has 0 unspecified atom stereocenters. The molecule has 0 radical (unpaired) electrons. The average Bonchev–Trinajstić information content (AvgIpc) is 3.23. The molecule has 148 valence electrons. The maximum Gasteiger partial charge on any atom is 0.349 e. The van der Waals surface area contributed by atoms with Crippen LogP contribution in [0.15, 0.2) is 66.7 Å². The summed E-state index contributed by atoms with van der Waals surface area (Å²) in [5.74, 6) is -2.16. The van der Waals surface area contributed by atoms with Crippen LogP contribution in [0.5, 0.6) is 0 Å². The number of esters is 1. The molecule has 0 saturated heterocycles. The fourth-order valence-corrected chi connectivity index (χ4v) is 3.27. The highest BCUT2D eigenvalue weighted by molar-refractivity contribution is 7.17. The van der Waals surface area contributed by atoms with E-state index in [0.29, 0.717) is 10.4 Å². The van der Waals surface area contributed by atoms with E-state index in [9.17, 15) is 18.8 Å². The first-order valence-electron chi connectivity index (χ1n) is 8.66. The van der Waals surface area contributed by atoms with Crippen molar-refractivity contribution in [2.45, 2.75) is 13.0 Å². The highest BCUT2D eigenvalue weighted by Gasteiger charge is 2.21. The van der Waals surface area contributed by atoms with Gasteiger partial charge in [0.15, 0.2) is 6.10 Å². The molecule has 3 aromatic rings. The van der Waals surface area contributed by atoms with Crippen molar-refractivity contribution in [3.05, 3.63) is 83.0 Å². The van der Waals surface area contributed by atoms with Crippen molar-refractivity contribution in [1.29, 1.82) is 0 Å². The van der Waals surface area contributed by atoms with Crippen molar-refractivity contribution < 1.29 is 23.5 Å². The van der Waals surface area contributed by atoms with Crippen LogP contribution in [-0.2, 0) is 9.53 Å². The summed E-state index contributed by atoms with van der Waals surface area (Å²) in [6.45, 7) is 1.40. The van der Waals surface area contributed by atoms with Gasteiger partial charge in [0, 0.05) is 10.4 Å². The molecule has 29 heavy (non-hydrogen) atoms. The summed E-state index contributed by atoms with van der Waals surface area (Å²) in [5.41, 5.74) is 5.64. The van der Waals surface area contributed by atoms with Crippen molar-refractivity contribution in [2.75, 3.05) is 0 Å². The molecule has 0 aliphatic rings. The van der Waals surface area contributed by atoms with Crippen LogP contribution in [0.2, 0.25) is 0 Å². The van der Waals surface area contributed by atoms with E-state index in [0.717, 1.165) is 10.4 Å². The first-order valence-corrected chi connectivity index (χ1v) is 9.47. The predicted octanol–water partition coefficient (Wildman–Crippen LogP) is 3.56. The number of rotatable bonds is 5. The fraction of sp³-hybridized carbons (Fsp3) is 0.0952. The molecule has 8 heteroatoms. The zero-order chi connectivity index (χ0) is 20.8. The van der Waals surface area contributed by atoms with Gasteiger partial charge in [0.25, 0.3) is 11.8 Å². The topological polar surface area (TPSA) is 84.5 Å². The van der Waals surface area contributed by atoms with E-state index < -0.39 is 23.9 Å². The number of hydrogen-bond donors (Lipinski definition) is 2. The van der Waals surface area contributed by atoms with E-state index in [1.54, 1.807) is 54.6 Å². The molecule has 6 nitrogen and oxygen atoms in total. The molecule has 0 aliphatic carbocycles. The Hall–Kier alpha value is -3.52. The van der Waals surface area contributed by atoms with Gasteiger partial charge in [0.2, 0.25) is 0 Å². The van der Waals surface area contributed by atoms with Crippen molar-refractivity contribution >= 4 is 29.1 Å². The zero-order valence-corrected chi connectivity index (χ0v) is 16.2. The lowest BCUT2D eigenvalue weighted by molar-refractivity contribution is -0.129. The quantitative estimate of drug-likeness (QED) is 0.496. The predicted molar refractivity (Wildman–Crippen MR) is 107 cm³/mol. The van der Waals surface area contributed by atoms with E-state index >= 15 is 0 Å². The van der Waals surface area contributed by atoms with Crippen LogP contribution < -0.4 is 10.9 Å². The third-order valence-corrected chi connectivity index (χ3v) is 5.04. The molecule has 2 amide bonds. The molecule has 1 atom stereocenters. The highest BCUT2D eigenvalue weighted by Crippen LogP contribution is 2.28. The molecule has 0 aliphatic heterocycles. The highest BCUT2D eigenvalue weighted by atomic mass is 32.1.